The van der Waals surface area contributed by atoms with E-state index in [-0.39, 0.29) is 11.9 Å². The molecule has 0 heterocycles. The third-order valence-electron chi connectivity index (χ3n) is 3.35. The Labute approximate surface area is 195 Å². The van der Waals surface area contributed by atoms with E-state index in [1.807, 2.05) is 86.5 Å². The molecule has 0 aromatic heterocycles. The minimum Gasteiger partial charge on any atom is -0.444 e. The van der Waals surface area contributed by atoms with E-state index >= 15 is 0 Å². The summed E-state index contributed by atoms with van der Waals surface area (Å²) in [6.07, 6.45) is 14.0. The fourth-order valence-corrected chi connectivity index (χ4v) is 2.29. The molecule has 0 aromatic rings. The van der Waals surface area contributed by atoms with Gasteiger partial charge in [0.2, 0.25) is 0 Å². The normalized spacial score (nSPS) is 12.6. The Morgan fingerprint density at radius 1 is 1.03 bits per heavy atom. The van der Waals surface area contributed by atoms with Crippen LogP contribution in [0.2, 0.25) is 0 Å². The number of ether oxygens (including phenoxy) is 1. The molecule has 6 heteroatoms. The van der Waals surface area contributed by atoms with Gasteiger partial charge in [-0.15, -0.1) is 0 Å². The Morgan fingerprint density at radius 2 is 1.59 bits per heavy atom. The van der Waals surface area contributed by atoms with Crippen LogP contribution < -0.4 is 5.32 Å². The van der Waals surface area contributed by atoms with Crippen molar-refractivity contribution in [2.45, 2.75) is 73.5 Å². The lowest BCUT2D eigenvalue weighted by Gasteiger charge is -2.22. The number of hydrogen-bond acceptors (Lipinski definition) is 4. The van der Waals surface area contributed by atoms with Crippen molar-refractivity contribution in [2.75, 3.05) is 0 Å². The zero-order chi connectivity index (χ0) is 25.7. The monoisotopic (exact) mass is 446 g/mol. The van der Waals surface area contributed by atoms with Crippen LogP contribution in [0.3, 0.4) is 0 Å². The number of rotatable bonds is 9. The van der Waals surface area contributed by atoms with Crippen molar-refractivity contribution in [1.82, 2.24) is 10.2 Å². The van der Waals surface area contributed by atoms with Gasteiger partial charge in [0.1, 0.15) is 12.4 Å². The summed E-state index contributed by atoms with van der Waals surface area (Å²) in [7, 11) is 0. The molecule has 180 valence electrons. The number of amides is 2. The number of hydrogen-bond donors (Lipinski definition) is 1. The molecule has 0 rings (SSSR count). The van der Waals surface area contributed by atoms with Crippen LogP contribution in [0.4, 0.5) is 4.79 Å². The van der Waals surface area contributed by atoms with E-state index in [2.05, 4.69) is 18.5 Å². The minimum absolute atomic E-state index is 0.126. The van der Waals surface area contributed by atoms with Crippen molar-refractivity contribution in [3.8, 4) is 0 Å². The third kappa shape index (κ3) is 16.6. The first kappa shape index (κ1) is 33.5. The summed E-state index contributed by atoms with van der Waals surface area (Å²) in [6, 6.07) is -0.126. The Hall–Kier alpha value is -3.15. The average molecular weight is 447 g/mol. The highest BCUT2D eigenvalue weighted by molar-refractivity contribution is 5.89. The van der Waals surface area contributed by atoms with Gasteiger partial charge in [0.25, 0.3) is 5.91 Å². The number of nitrogens with one attached hydrogen (secondary N) is 1. The molecule has 6 nitrogen and oxygen atoms in total. The van der Waals surface area contributed by atoms with Gasteiger partial charge >= 0.3 is 6.09 Å². The zero-order valence-corrected chi connectivity index (χ0v) is 21.1. The van der Waals surface area contributed by atoms with Crippen LogP contribution in [0.5, 0.6) is 0 Å². The third-order valence-corrected chi connectivity index (χ3v) is 3.35. The molecule has 1 N–H and O–H groups in total. The van der Waals surface area contributed by atoms with Crippen LogP contribution in [0.25, 0.3) is 0 Å². The van der Waals surface area contributed by atoms with E-state index in [9.17, 15) is 9.59 Å². The highest BCUT2D eigenvalue weighted by Gasteiger charge is 2.18. The molecule has 0 aliphatic rings. The van der Waals surface area contributed by atoms with Gasteiger partial charge in [-0.05, 0) is 71.8 Å². The maximum atomic E-state index is 12.1. The van der Waals surface area contributed by atoms with Gasteiger partial charge in [-0.25, -0.2) is 4.79 Å². The molecule has 0 aliphatic heterocycles. The fourth-order valence-electron chi connectivity index (χ4n) is 2.29. The molecule has 2 amide bonds. The molecule has 0 aromatic carbocycles. The second-order valence-corrected chi connectivity index (χ2v) is 7.18. The molecule has 1 unspecified atom stereocenters. The number of carbonyl (C=O) groups is 3. The van der Waals surface area contributed by atoms with Crippen LogP contribution in [0.15, 0.2) is 73.2 Å². The summed E-state index contributed by atoms with van der Waals surface area (Å²) in [6.45, 7) is 24.5. The van der Waals surface area contributed by atoms with Crippen LogP contribution in [-0.2, 0) is 14.3 Å². The van der Waals surface area contributed by atoms with Gasteiger partial charge < -0.3 is 14.8 Å². The molecule has 1 atom stereocenters. The van der Waals surface area contributed by atoms with Crippen molar-refractivity contribution in [1.29, 1.82) is 0 Å². The maximum absolute atomic E-state index is 12.1. The number of nitrogens with zero attached hydrogens (tertiary/aromatic N) is 1. The molecule has 0 spiro atoms. The van der Waals surface area contributed by atoms with Gasteiger partial charge in [-0.2, -0.15) is 0 Å². The largest absolute Gasteiger partial charge is 0.444 e. The first-order chi connectivity index (χ1) is 15.1. The van der Waals surface area contributed by atoms with E-state index in [1.54, 1.807) is 18.4 Å². The smallest absolute Gasteiger partial charge is 0.407 e. The second kappa shape index (κ2) is 19.8. The topological polar surface area (TPSA) is 75.7 Å². The Bertz CT molecular complexity index is 695. The minimum atomic E-state index is -0.540. The summed E-state index contributed by atoms with van der Waals surface area (Å²) in [5, 5.41) is 2.83. The second-order valence-electron chi connectivity index (χ2n) is 7.18. The van der Waals surface area contributed by atoms with E-state index in [4.69, 9.17) is 9.53 Å². The van der Waals surface area contributed by atoms with Gasteiger partial charge in [-0.3, -0.25) is 9.69 Å². The highest BCUT2D eigenvalue weighted by atomic mass is 16.6. The Kier molecular flexibility index (Phi) is 20.7. The summed E-state index contributed by atoms with van der Waals surface area (Å²) in [5.41, 5.74) is 1.07. The van der Waals surface area contributed by atoms with Crippen molar-refractivity contribution < 1.29 is 19.1 Å². The van der Waals surface area contributed by atoms with Gasteiger partial charge in [-0.1, -0.05) is 51.3 Å². The molecule has 0 radical (unpaired) electrons. The zero-order valence-electron chi connectivity index (χ0n) is 21.1. The SMILES string of the molecule is C=CC(=O)N(/C=C\C)/C(C=C)=C/C=C(\C=C/C)CC(C)NC(=O)OC(C)(C)C.C=O.CC. The Balaban J connectivity index is -0.00000198. The van der Waals surface area contributed by atoms with E-state index in [1.165, 1.54) is 11.0 Å². The van der Waals surface area contributed by atoms with Crippen LogP contribution in [-0.4, -0.2) is 35.3 Å². The lowest BCUT2D eigenvalue weighted by atomic mass is 10.1. The van der Waals surface area contributed by atoms with Gasteiger partial charge in [0.05, 0.1) is 0 Å². The van der Waals surface area contributed by atoms with Gasteiger partial charge in [0.15, 0.2) is 0 Å². The molecule has 0 saturated carbocycles. The lowest BCUT2D eigenvalue weighted by molar-refractivity contribution is -0.122. The Morgan fingerprint density at radius 3 is 2.00 bits per heavy atom. The van der Waals surface area contributed by atoms with E-state index in [0.29, 0.717) is 12.1 Å². The number of alkyl carbamates (subject to hydrolysis) is 1. The van der Waals surface area contributed by atoms with Crippen molar-refractivity contribution >= 4 is 18.8 Å². The molecular weight excluding hydrogens is 404 g/mol. The molecule has 32 heavy (non-hydrogen) atoms. The predicted molar refractivity (Wildman–Crippen MR) is 135 cm³/mol. The number of allylic oxidation sites excluding steroid dienone is 6. The van der Waals surface area contributed by atoms with Gasteiger partial charge in [0, 0.05) is 17.9 Å². The van der Waals surface area contributed by atoms with E-state index < -0.39 is 11.7 Å². The standard InChI is InChI=1S/C23H34N2O3.C2H6.CH2O/c1-9-13-19(17-18(5)24-22(27)28-23(6,7)8)14-15-20(11-3)25(16-10-2)21(26)12-4;2*1-2/h9-16,18H,3-4,17H2,1-2,5-8H3,(H,24,27);1-2H3;1H2/b13-9-,16-10-,19-14+,20-15+;;. The summed E-state index contributed by atoms with van der Waals surface area (Å²) < 4.78 is 5.29. The first-order valence-corrected chi connectivity index (χ1v) is 10.6. The predicted octanol–water partition coefficient (Wildman–Crippen LogP) is 6.25. The van der Waals surface area contributed by atoms with Crippen molar-refractivity contribution in [3.05, 3.63) is 73.2 Å². The highest BCUT2D eigenvalue weighted by Crippen LogP contribution is 2.14. The number of carbonyl (C=O) groups excluding carboxylic acids is 3. The van der Waals surface area contributed by atoms with Crippen molar-refractivity contribution in [2.24, 2.45) is 0 Å². The maximum Gasteiger partial charge on any atom is 0.407 e. The molecule has 0 fully saturated rings. The average Bonchev–Trinajstić information content (AvgIpc) is 2.74. The summed E-state index contributed by atoms with van der Waals surface area (Å²) in [5.74, 6) is -0.245. The summed E-state index contributed by atoms with van der Waals surface area (Å²) >= 11 is 0. The van der Waals surface area contributed by atoms with Crippen LogP contribution >= 0.6 is 0 Å². The van der Waals surface area contributed by atoms with E-state index in [0.717, 1.165) is 5.57 Å². The molecule has 0 aliphatic carbocycles. The first-order valence-electron chi connectivity index (χ1n) is 10.6. The fraction of sp³-hybridized carbons (Fsp3) is 0.423. The van der Waals surface area contributed by atoms with Crippen LogP contribution in [0.1, 0.15) is 61.8 Å². The molecule has 0 saturated heterocycles. The summed E-state index contributed by atoms with van der Waals surface area (Å²) in [4.78, 5) is 33.5. The lowest BCUT2D eigenvalue weighted by Crippen LogP contribution is -2.37. The quantitative estimate of drug-likeness (QED) is 0.335. The van der Waals surface area contributed by atoms with Crippen molar-refractivity contribution in [3.63, 3.8) is 0 Å². The molecule has 0 bridgehead atoms. The van der Waals surface area contributed by atoms with Crippen LogP contribution in [0, 0.1) is 0 Å². The molecular formula is C26H42N2O4.